The van der Waals surface area contributed by atoms with Gasteiger partial charge >= 0.3 is 12.1 Å². The lowest BCUT2D eigenvalue weighted by atomic mass is 9.95. The third-order valence-electron chi connectivity index (χ3n) is 7.63. The van der Waals surface area contributed by atoms with Gasteiger partial charge in [0.25, 0.3) is 0 Å². The van der Waals surface area contributed by atoms with Gasteiger partial charge in [0, 0.05) is 35.9 Å². The Hall–Kier alpha value is -4.21. The number of nitrogens with zero attached hydrogens (tertiary/aromatic N) is 1. The zero-order chi connectivity index (χ0) is 29.9. The monoisotopic (exact) mass is 582 g/mol. The number of furan rings is 1. The molecule has 4 aromatic rings. The Labute approximate surface area is 241 Å². The van der Waals surface area contributed by atoms with Gasteiger partial charge in [-0.15, -0.1) is 0 Å². The molecule has 1 atom stereocenters. The van der Waals surface area contributed by atoms with E-state index in [9.17, 15) is 22.8 Å². The number of fused-ring (bicyclic) bond motifs is 3. The van der Waals surface area contributed by atoms with E-state index in [-0.39, 0.29) is 29.6 Å². The van der Waals surface area contributed by atoms with Crippen LogP contribution >= 0.6 is 0 Å². The van der Waals surface area contributed by atoms with Crippen LogP contribution in [0.2, 0.25) is 0 Å². The number of hydrogen-bond donors (Lipinski definition) is 1. The highest BCUT2D eigenvalue weighted by atomic mass is 19.4. The molecular weight excluding hydrogens is 549 g/mol. The van der Waals surface area contributed by atoms with Gasteiger partial charge in [0.05, 0.1) is 25.0 Å². The van der Waals surface area contributed by atoms with Gasteiger partial charge in [0.2, 0.25) is 5.91 Å². The lowest BCUT2D eigenvalue weighted by Gasteiger charge is -2.35. The Kier molecular flexibility index (Phi) is 8.61. The molecule has 0 aliphatic carbocycles. The minimum atomic E-state index is -4.55. The fraction of sp³-hybridized carbons (Fsp3) is 0.375. The van der Waals surface area contributed by atoms with Gasteiger partial charge in [-0.25, -0.2) is 0 Å². The maximum atomic E-state index is 13.8. The van der Waals surface area contributed by atoms with Crippen LogP contribution in [0.4, 0.5) is 13.2 Å². The molecule has 1 aliphatic rings. The molecule has 0 unspecified atom stereocenters. The lowest BCUT2D eigenvalue weighted by molar-refractivity contribution is -0.143. The molecular formula is C32H33F3N2O5. The number of ether oxygens (including phenoxy) is 2. The SMILES string of the molecule is CCOC(=O)CCCCCC(=O)N1CCc2c([nH]c3ccc(OC)cc23)[C@H]1c1ccc(-c2ccccc2C(F)(F)F)o1. The topological polar surface area (TPSA) is 84.8 Å². The first kappa shape index (κ1) is 29.3. The first-order chi connectivity index (χ1) is 20.2. The van der Waals surface area contributed by atoms with E-state index >= 15 is 0 Å². The lowest BCUT2D eigenvalue weighted by Crippen LogP contribution is -2.40. The van der Waals surface area contributed by atoms with Crippen molar-refractivity contribution in [1.82, 2.24) is 9.88 Å². The predicted molar refractivity (Wildman–Crippen MR) is 151 cm³/mol. The van der Waals surface area contributed by atoms with Crippen molar-refractivity contribution in [1.29, 1.82) is 0 Å². The summed E-state index contributed by atoms with van der Waals surface area (Å²) in [5.41, 5.74) is 1.80. The van der Waals surface area contributed by atoms with Crippen LogP contribution in [0, 0.1) is 0 Å². The van der Waals surface area contributed by atoms with E-state index in [2.05, 4.69) is 4.98 Å². The Morgan fingerprint density at radius 3 is 2.60 bits per heavy atom. The number of hydrogen-bond acceptors (Lipinski definition) is 5. The van der Waals surface area contributed by atoms with Crippen LogP contribution in [0.1, 0.15) is 67.7 Å². The Balaban J connectivity index is 1.46. The number of benzene rings is 2. The van der Waals surface area contributed by atoms with E-state index in [0.717, 1.165) is 28.2 Å². The minimum Gasteiger partial charge on any atom is -0.497 e. The number of aromatic amines is 1. The van der Waals surface area contributed by atoms with Gasteiger partial charge in [-0.1, -0.05) is 24.6 Å². The normalized spacial score (nSPS) is 15.1. The molecule has 2 aromatic heterocycles. The number of esters is 1. The summed E-state index contributed by atoms with van der Waals surface area (Å²) < 4.78 is 57.8. The van der Waals surface area contributed by atoms with Crippen molar-refractivity contribution in [2.24, 2.45) is 0 Å². The Morgan fingerprint density at radius 2 is 1.83 bits per heavy atom. The molecule has 2 aromatic carbocycles. The molecule has 42 heavy (non-hydrogen) atoms. The number of H-pyrrole nitrogens is 1. The summed E-state index contributed by atoms with van der Waals surface area (Å²) in [5.74, 6) is 0.813. The zero-order valence-corrected chi connectivity index (χ0v) is 23.6. The molecule has 3 heterocycles. The van der Waals surface area contributed by atoms with E-state index in [1.54, 1.807) is 25.0 Å². The third-order valence-corrected chi connectivity index (χ3v) is 7.63. The molecule has 0 spiro atoms. The highest BCUT2D eigenvalue weighted by Gasteiger charge is 2.38. The third kappa shape index (κ3) is 6.03. The summed E-state index contributed by atoms with van der Waals surface area (Å²) in [7, 11) is 1.60. The molecule has 7 nitrogen and oxygen atoms in total. The number of unbranched alkanes of at least 4 members (excludes halogenated alkanes) is 2. The number of carbonyl (C=O) groups is 2. The standard InChI is InChI=1S/C32H33F3N2O5/c1-3-41-29(39)12-6-4-5-11-28(38)37-18-17-21-23-19-20(40-2)13-14-25(23)36-30(21)31(37)27-16-15-26(42-27)22-9-7-8-10-24(22)32(33,34)35/h7-10,13-16,19,31,36H,3-6,11-12,17-18H2,1-2H3/t31-/m1/s1. The van der Waals surface area contributed by atoms with Gasteiger partial charge < -0.3 is 23.8 Å². The van der Waals surface area contributed by atoms with Crippen LogP contribution in [-0.4, -0.2) is 42.0 Å². The minimum absolute atomic E-state index is 0.0619. The zero-order valence-electron chi connectivity index (χ0n) is 23.6. The molecule has 0 saturated heterocycles. The molecule has 10 heteroatoms. The number of rotatable bonds is 10. The van der Waals surface area contributed by atoms with E-state index in [1.165, 1.54) is 24.3 Å². The number of halogens is 3. The van der Waals surface area contributed by atoms with Crippen molar-refractivity contribution in [3.8, 4) is 17.1 Å². The molecule has 222 valence electrons. The van der Waals surface area contributed by atoms with Crippen molar-refractivity contribution in [2.75, 3.05) is 20.3 Å². The molecule has 0 fully saturated rings. The average Bonchev–Trinajstić information content (AvgIpc) is 3.61. The molecule has 1 N–H and O–H groups in total. The molecule has 0 saturated carbocycles. The highest BCUT2D eigenvalue weighted by Crippen LogP contribution is 2.43. The van der Waals surface area contributed by atoms with Gasteiger partial charge in [-0.2, -0.15) is 13.2 Å². The maximum absolute atomic E-state index is 13.8. The second-order valence-electron chi connectivity index (χ2n) is 10.3. The van der Waals surface area contributed by atoms with Gasteiger partial charge in [-0.05, 0) is 68.1 Å². The predicted octanol–water partition coefficient (Wildman–Crippen LogP) is 7.44. The van der Waals surface area contributed by atoms with Crippen molar-refractivity contribution >= 4 is 22.8 Å². The van der Waals surface area contributed by atoms with Gasteiger partial charge in [0.1, 0.15) is 23.3 Å². The fourth-order valence-electron chi connectivity index (χ4n) is 5.65. The Bertz CT molecular complexity index is 1570. The van der Waals surface area contributed by atoms with Crippen LogP contribution < -0.4 is 4.74 Å². The summed E-state index contributed by atoms with van der Waals surface area (Å²) in [6, 6.07) is 13.5. The van der Waals surface area contributed by atoms with Gasteiger partial charge in [0.15, 0.2) is 0 Å². The van der Waals surface area contributed by atoms with Crippen LogP contribution in [0.15, 0.2) is 59.0 Å². The second kappa shape index (κ2) is 12.3. The van der Waals surface area contributed by atoms with E-state index in [0.29, 0.717) is 56.8 Å². The van der Waals surface area contributed by atoms with E-state index < -0.39 is 17.8 Å². The first-order valence-electron chi connectivity index (χ1n) is 14.1. The van der Waals surface area contributed by atoms with Crippen LogP contribution in [0.3, 0.4) is 0 Å². The summed E-state index contributed by atoms with van der Waals surface area (Å²) in [5, 5.41) is 0.967. The fourth-order valence-corrected chi connectivity index (χ4v) is 5.65. The Morgan fingerprint density at radius 1 is 1.05 bits per heavy atom. The molecule has 5 rings (SSSR count). The smallest absolute Gasteiger partial charge is 0.417 e. The summed E-state index contributed by atoms with van der Waals surface area (Å²) >= 11 is 0. The van der Waals surface area contributed by atoms with Crippen LogP contribution in [0.5, 0.6) is 5.75 Å². The number of carbonyl (C=O) groups excluding carboxylic acids is 2. The molecule has 0 radical (unpaired) electrons. The van der Waals surface area contributed by atoms with Crippen molar-refractivity contribution in [3.05, 3.63) is 77.2 Å². The second-order valence-corrected chi connectivity index (χ2v) is 10.3. The van der Waals surface area contributed by atoms with Crippen LogP contribution in [0.25, 0.3) is 22.2 Å². The van der Waals surface area contributed by atoms with Crippen LogP contribution in [-0.2, 0) is 26.9 Å². The largest absolute Gasteiger partial charge is 0.497 e. The van der Waals surface area contributed by atoms with Gasteiger partial charge in [-0.3, -0.25) is 9.59 Å². The van der Waals surface area contributed by atoms with E-state index in [4.69, 9.17) is 13.9 Å². The van der Waals surface area contributed by atoms with E-state index in [1.807, 2.05) is 18.2 Å². The number of methoxy groups -OCH3 is 1. The molecule has 1 amide bonds. The van der Waals surface area contributed by atoms with Crippen molar-refractivity contribution in [2.45, 2.75) is 57.7 Å². The number of nitrogens with one attached hydrogen (secondary N) is 1. The van der Waals surface area contributed by atoms with Crippen molar-refractivity contribution < 1.29 is 36.7 Å². The summed E-state index contributed by atoms with van der Waals surface area (Å²) in [4.78, 5) is 30.4. The average molecular weight is 583 g/mol. The number of aromatic nitrogens is 1. The van der Waals surface area contributed by atoms with Crippen molar-refractivity contribution in [3.63, 3.8) is 0 Å². The summed E-state index contributed by atoms with van der Waals surface area (Å²) in [6.45, 7) is 2.52. The maximum Gasteiger partial charge on any atom is 0.417 e. The molecule has 0 bridgehead atoms. The first-order valence-corrected chi connectivity index (χ1v) is 14.1. The quantitative estimate of drug-likeness (QED) is 0.155. The molecule has 1 aliphatic heterocycles. The number of amides is 1. The highest BCUT2D eigenvalue weighted by molar-refractivity contribution is 5.88. The number of alkyl halides is 3. The summed E-state index contributed by atoms with van der Waals surface area (Å²) in [6.07, 6.45) is -1.45.